The molecule has 0 aliphatic rings. The van der Waals surface area contributed by atoms with Crippen molar-refractivity contribution in [3.8, 4) is 5.75 Å². The van der Waals surface area contributed by atoms with Gasteiger partial charge in [-0.05, 0) is 70.4 Å². The van der Waals surface area contributed by atoms with Crippen LogP contribution in [0.1, 0.15) is 43.1 Å². The van der Waals surface area contributed by atoms with Crippen molar-refractivity contribution in [2.75, 3.05) is 0 Å². The van der Waals surface area contributed by atoms with Crippen LogP contribution in [-0.2, 0) is 6.61 Å². The number of nitro benzene ring substituents is 1. The summed E-state index contributed by atoms with van der Waals surface area (Å²) in [5.74, 6) is 0.996. The van der Waals surface area contributed by atoms with Crippen LogP contribution >= 0.6 is 43.5 Å². The predicted octanol–water partition coefficient (Wildman–Crippen LogP) is 7.46. The van der Waals surface area contributed by atoms with Crippen LogP contribution in [0.5, 0.6) is 5.75 Å². The van der Waals surface area contributed by atoms with Gasteiger partial charge in [0.15, 0.2) is 0 Å². The molecule has 0 unspecified atom stereocenters. The summed E-state index contributed by atoms with van der Waals surface area (Å²) in [6.07, 6.45) is 2.29. The Morgan fingerprint density at radius 3 is 2.59 bits per heavy atom. The summed E-state index contributed by atoms with van der Waals surface area (Å²) in [7, 11) is 0. The molecule has 0 bridgehead atoms. The normalized spacial score (nSPS) is 12.2. The van der Waals surface area contributed by atoms with Gasteiger partial charge in [0.2, 0.25) is 0 Å². The van der Waals surface area contributed by atoms with Gasteiger partial charge in [-0.2, -0.15) is 9.78 Å². The van der Waals surface area contributed by atoms with Gasteiger partial charge in [0, 0.05) is 33.1 Å². The quantitative estimate of drug-likeness (QED) is 0.112. The van der Waals surface area contributed by atoms with E-state index in [2.05, 4.69) is 37.0 Å². The van der Waals surface area contributed by atoms with Crippen LogP contribution in [0, 0.1) is 10.1 Å². The summed E-state index contributed by atoms with van der Waals surface area (Å²) in [6, 6.07) is 14.9. The van der Waals surface area contributed by atoms with Gasteiger partial charge in [0.25, 0.3) is 11.2 Å². The lowest BCUT2D eigenvalue weighted by Gasteiger charge is -2.15. The predicted molar refractivity (Wildman–Crippen MR) is 152 cm³/mol. The van der Waals surface area contributed by atoms with E-state index in [1.54, 1.807) is 36.4 Å². The monoisotopic (exact) mass is 646 g/mol. The first-order chi connectivity index (χ1) is 17.7. The van der Waals surface area contributed by atoms with E-state index in [9.17, 15) is 14.9 Å². The average molecular weight is 649 g/mol. The lowest BCUT2D eigenvalue weighted by Crippen LogP contribution is -2.23. The molecular formula is C26H21Br2ClN4O4. The maximum atomic E-state index is 13.4. The first-order valence-corrected chi connectivity index (χ1v) is 13.3. The van der Waals surface area contributed by atoms with Gasteiger partial charge in [0.05, 0.1) is 26.5 Å². The van der Waals surface area contributed by atoms with Gasteiger partial charge in [0.1, 0.15) is 18.2 Å². The van der Waals surface area contributed by atoms with Gasteiger partial charge < -0.3 is 4.74 Å². The number of nitro groups is 1. The Morgan fingerprint density at radius 1 is 1.19 bits per heavy atom. The van der Waals surface area contributed by atoms with Crippen molar-refractivity contribution in [1.29, 1.82) is 0 Å². The molecule has 0 fully saturated rings. The highest BCUT2D eigenvalue weighted by molar-refractivity contribution is 9.10. The van der Waals surface area contributed by atoms with Gasteiger partial charge in [-0.3, -0.25) is 14.9 Å². The van der Waals surface area contributed by atoms with E-state index in [1.165, 1.54) is 23.0 Å². The molecule has 8 nitrogen and oxygen atoms in total. The molecule has 0 radical (unpaired) electrons. The average Bonchev–Trinajstić information content (AvgIpc) is 2.87. The maximum Gasteiger partial charge on any atom is 0.282 e. The third-order valence-electron chi connectivity index (χ3n) is 5.77. The van der Waals surface area contributed by atoms with Crippen molar-refractivity contribution in [1.82, 2.24) is 9.66 Å². The number of ether oxygens (including phenoxy) is 1. The highest BCUT2D eigenvalue weighted by atomic mass is 79.9. The number of non-ortho nitro benzene ring substituents is 1. The van der Waals surface area contributed by atoms with Gasteiger partial charge in [-0.25, -0.2) is 4.98 Å². The molecule has 0 amide bonds. The number of hydrogen-bond donors (Lipinski definition) is 0. The van der Waals surface area contributed by atoms with Crippen molar-refractivity contribution in [3.05, 3.63) is 106 Å². The van der Waals surface area contributed by atoms with E-state index in [1.807, 2.05) is 19.9 Å². The third-order valence-corrected chi connectivity index (χ3v) is 7.07. The van der Waals surface area contributed by atoms with Crippen LogP contribution in [0.3, 0.4) is 0 Å². The lowest BCUT2D eigenvalue weighted by atomic mass is 10.1. The zero-order valence-electron chi connectivity index (χ0n) is 19.8. The van der Waals surface area contributed by atoms with E-state index >= 15 is 0 Å². The number of nitrogens with zero attached hydrogens (tertiary/aromatic N) is 4. The highest BCUT2D eigenvalue weighted by Crippen LogP contribution is 2.33. The molecule has 0 spiro atoms. The molecular weight excluding hydrogens is 628 g/mol. The topological polar surface area (TPSA) is 99.6 Å². The zero-order valence-corrected chi connectivity index (χ0v) is 23.7. The molecule has 0 N–H and O–H groups in total. The largest absolute Gasteiger partial charge is 0.487 e. The molecule has 37 heavy (non-hydrogen) atoms. The van der Waals surface area contributed by atoms with Crippen LogP contribution in [0.25, 0.3) is 10.9 Å². The van der Waals surface area contributed by atoms with E-state index in [4.69, 9.17) is 21.3 Å². The molecule has 11 heteroatoms. The fraction of sp³-hybridized carbons (Fsp3) is 0.192. The summed E-state index contributed by atoms with van der Waals surface area (Å²) in [5, 5.41) is 16.3. The molecule has 4 aromatic rings. The minimum Gasteiger partial charge on any atom is -0.487 e. The van der Waals surface area contributed by atoms with Gasteiger partial charge >= 0.3 is 0 Å². The number of halogens is 3. The Kier molecular flexibility index (Phi) is 8.41. The molecule has 1 atom stereocenters. The minimum atomic E-state index is -0.453. The Morgan fingerprint density at radius 2 is 1.92 bits per heavy atom. The van der Waals surface area contributed by atoms with E-state index in [0.717, 1.165) is 16.5 Å². The van der Waals surface area contributed by atoms with E-state index in [-0.39, 0.29) is 23.8 Å². The van der Waals surface area contributed by atoms with Crippen molar-refractivity contribution >= 4 is 66.3 Å². The summed E-state index contributed by atoms with van der Waals surface area (Å²) in [5.41, 5.74) is 1.61. The van der Waals surface area contributed by atoms with Crippen molar-refractivity contribution < 1.29 is 9.66 Å². The molecule has 0 saturated carbocycles. The van der Waals surface area contributed by atoms with Crippen molar-refractivity contribution in [2.24, 2.45) is 5.10 Å². The van der Waals surface area contributed by atoms with Crippen LogP contribution < -0.4 is 10.3 Å². The highest BCUT2D eigenvalue weighted by Gasteiger charge is 2.17. The first-order valence-electron chi connectivity index (χ1n) is 11.3. The molecule has 4 rings (SSSR count). The molecule has 0 aliphatic heterocycles. The van der Waals surface area contributed by atoms with E-state index < -0.39 is 4.92 Å². The Hall–Kier alpha value is -3.08. The van der Waals surface area contributed by atoms with Crippen LogP contribution in [-0.4, -0.2) is 20.8 Å². The second kappa shape index (κ2) is 11.5. The second-order valence-electron chi connectivity index (χ2n) is 8.32. The fourth-order valence-corrected chi connectivity index (χ4v) is 4.91. The first kappa shape index (κ1) is 27.0. The number of aromatic nitrogens is 2. The third kappa shape index (κ3) is 6.08. The summed E-state index contributed by atoms with van der Waals surface area (Å²) in [6.45, 7) is 4.17. The van der Waals surface area contributed by atoms with E-state index in [0.29, 0.717) is 37.5 Å². The summed E-state index contributed by atoms with van der Waals surface area (Å²) >= 11 is 13.2. The Balaban J connectivity index is 1.74. The van der Waals surface area contributed by atoms with Crippen molar-refractivity contribution in [3.63, 3.8) is 0 Å². The SMILES string of the molecule is CC[C@@H](C)c1nc2ccc(Br)cc2c(=O)n1N=Cc1cc(Cl)cc(Br)c1OCc1ccc([N+](=O)[O-])cc1. The standard InChI is InChI=1S/C26H21Br2ClN4O4/c1-3-15(2)25-31-23-9-6-18(27)11-21(23)26(34)32(25)30-13-17-10-19(29)12-22(28)24(17)37-14-16-4-7-20(8-5-16)33(35)36/h4-13,15H,3,14H2,1-2H3/t15-/m1/s1. The molecule has 190 valence electrons. The van der Waals surface area contributed by atoms with Crippen LogP contribution in [0.15, 0.2) is 73.4 Å². The zero-order chi connectivity index (χ0) is 26.7. The number of fused-ring (bicyclic) bond motifs is 1. The molecule has 0 saturated heterocycles. The summed E-state index contributed by atoms with van der Waals surface area (Å²) < 4.78 is 8.72. The number of rotatable bonds is 8. The molecule has 3 aromatic carbocycles. The van der Waals surface area contributed by atoms with Gasteiger partial charge in [-0.15, -0.1) is 0 Å². The second-order valence-corrected chi connectivity index (χ2v) is 10.5. The van der Waals surface area contributed by atoms with Crippen LogP contribution in [0.2, 0.25) is 5.02 Å². The molecule has 0 aliphatic carbocycles. The molecule has 1 heterocycles. The fourth-order valence-electron chi connectivity index (χ4n) is 3.60. The van der Waals surface area contributed by atoms with Crippen LogP contribution in [0.4, 0.5) is 5.69 Å². The lowest BCUT2D eigenvalue weighted by molar-refractivity contribution is -0.384. The van der Waals surface area contributed by atoms with Crippen molar-refractivity contribution in [2.45, 2.75) is 32.8 Å². The Labute approximate surface area is 234 Å². The number of hydrogen-bond acceptors (Lipinski definition) is 6. The minimum absolute atomic E-state index is 0.00261. The maximum absolute atomic E-state index is 13.4. The Bertz CT molecular complexity index is 1570. The smallest absolute Gasteiger partial charge is 0.282 e. The number of benzene rings is 3. The summed E-state index contributed by atoms with van der Waals surface area (Å²) in [4.78, 5) is 28.6. The molecule has 1 aromatic heterocycles. The van der Waals surface area contributed by atoms with Gasteiger partial charge in [-0.1, -0.05) is 41.4 Å².